The van der Waals surface area contributed by atoms with Crippen molar-refractivity contribution in [2.24, 2.45) is 0 Å². The zero-order valence-electron chi connectivity index (χ0n) is 14.9. The average molecular weight is 366 g/mol. The van der Waals surface area contributed by atoms with E-state index in [2.05, 4.69) is 5.32 Å². The molecule has 0 saturated heterocycles. The molecule has 1 amide bonds. The summed E-state index contributed by atoms with van der Waals surface area (Å²) in [5, 5.41) is 20.7. The average Bonchev–Trinajstić information content (AvgIpc) is 2.66. The SMILES string of the molecule is COc1cc(/C=C(/C#N)C(=O)Nc2ccccc2C)ccc1OCC(=O)O. The first kappa shape index (κ1) is 19.5. The lowest BCUT2D eigenvalue weighted by Crippen LogP contribution is -2.14. The first-order chi connectivity index (χ1) is 12.9. The van der Waals surface area contributed by atoms with Crippen LogP contribution in [0, 0.1) is 18.3 Å². The maximum Gasteiger partial charge on any atom is 0.341 e. The Morgan fingerprint density at radius 2 is 1.96 bits per heavy atom. The largest absolute Gasteiger partial charge is 0.493 e. The van der Waals surface area contributed by atoms with Gasteiger partial charge in [0.15, 0.2) is 18.1 Å². The Balaban J connectivity index is 2.23. The van der Waals surface area contributed by atoms with Gasteiger partial charge < -0.3 is 19.9 Å². The van der Waals surface area contributed by atoms with Gasteiger partial charge in [-0.2, -0.15) is 5.26 Å². The molecule has 0 aliphatic heterocycles. The van der Waals surface area contributed by atoms with Gasteiger partial charge in [-0.25, -0.2) is 4.79 Å². The van der Waals surface area contributed by atoms with Crippen LogP contribution in [0.2, 0.25) is 0 Å². The molecule has 7 heteroatoms. The fourth-order valence-corrected chi connectivity index (χ4v) is 2.25. The van der Waals surface area contributed by atoms with Crippen molar-refractivity contribution < 1.29 is 24.2 Å². The molecule has 0 spiro atoms. The highest BCUT2D eigenvalue weighted by Crippen LogP contribution is 2.29. The Kier molecular flexibility index (Phi) is 6.55. The van der Waals surface area contributed by atoms with Gasteiger partial charge >= 0.3 is 5.97 Å². The highest BCUT2D eigenvalue weighted by Gasteiger charge is 2.12. The summed E-state index contributed by atoms with van der Waals surface area (Å²) in [5.41, 5.74) is 1.95. The first-order valence-corrected chi connectivity index (χ1v) is 7.96. The van der Waals surface area contributed by atoms with Gasteiger partial charge in [0, 0.05) is 5.69 Å². The van der Waals surface area contributed by atoms with Crippen LogP contribution in [-0.4, -0.2) is 30.7 Å². The molecule has 0 unspecified atom stereocenters. The summed E-state index contributed by atoms with van der Waals surface area (Å²) in [6, 6.07) is 13.8. The Labute approximate surface area is 156 Å². The molecular weight excluding hydrogens is 348 g/mol. The Bertz CT molecular complexity index is 928. The van der Waals surface area contributed by atoms with Gasteiger partial charge in [0.2, 0.25) is 0 Å². The quantitative estimate of drug-likeness (QED) is 0.576. The van der Waals surface area contributed by atoms with Gasteiger partial charge in [-0.15, -0.1) is 0 Å². The van der Waals surface area contributed by atoms with E-state index in [0.717, 1.165) is 5.56 Å². The van der Waals surface area contributed by atoms with Gasteiger partial charge in [-0.05, 0) is 42.3 Å². The van der Waals surface area contributed by atoms with Crippen LogP contribution >= 0.6 is 0 Å². The number of hydrogen-bond acceptors (Lipinski definition) is 5. The molecule has 0 fully saturated rings. The van der Waals surface area contributed by atoms with Crippen molar-refractivity contribution in [3.05, 3.63) is 59.2 Å². The number of rotatable bonds is 7. The minimum atomic E-state index is -1.11. The lowest BCUT2D eigenvalue weighted by molar-refractivity contribution is -0.139. The highest BCUT2D eigenvalue weighted by molar-refractivity contribution is 6.10. The van der Waals surface area contributed by atoms with Gasteiger partial charge in [-0.1, -0.05) is 24.3 Å². The molecule has 0 saturated carbocycles. The van der Waals surface area contributed by atoms with Crippen molar-refractivity contribution in [2.45, 2.75) is 6.92 Å². The molecule has 0 aromatic heterocycles. The molecule has 0 radical (unpaired) electrons. The number of hydrogen-bond donors (Lipinski definition) is 2. The monoisotopic (exact) mass is 366 g/mol. The number of nitrogens with one attached hydrogen (secondary N) is 1. The number of aliphatic carboxylic acids is 1. The molecule has 0 bridgehead atoms. The van der Waals surface area contributed by atoms with Crippen LogP contribution in [0.25, 0.3) is 6.08 Å². The van der Waals surface area contributed by atoms with Crippen molar-refractivity contribution in [1.29, 1.82) is 5.26 Å². The predicted octanol–water partition coefficient (Wildman–Crippen LogP) is 3.01. The summed E-state index contributed by atoms with van der Waals surface area (Å²) in [6.45, 7) is 1.35. The third-order valence-electron chi connectivity index (χ3n) is 3.61. The number of carboxylic acid groups (broad SMARTS) is 1. The number of aryl methyl sites for hydroxylation is 1. The van der Waals surface area contributed by atoms with E-state index < -0.39 is 18.5 Å². The van der Waals surface area contributed by atoms with Crippen LogP contribution in [-0.2, 0) is 9.59 Å². The fourth-order valence-electron chi connectivity index (χ4n) is 2.25. The standard InChI is InChI=1S/C20H18N2O5/c1-13-5-3-4-6-16(13)22-20(25)15(11-21)9-14-7-8-17(18(10-14)26-2)27-12-19(23)24/h3-10H,12H2,1-2H3,(H,22,25)(H,23,24)/b15-9-. The maximum absolute atomic E-state index is 12.4. The topological polar surface area (TPSA) is 109 Å². The van der Waals surface area contributed by atoms with E-state index in [1.807, 2.05) is 25.1 Å². The van der Waals surface area contributed by atoms with E-state index in [4.69, 9.17) is 14.6 Å². The summed E-state index contributed by atoms with van der Waals surface area (Å²) in [5.74, 6) is -1.10. The smallest absolute Gasteiger partial charge is 0.341 e. The number of benzene rings is 2. The summed E-state index contributed by atoms with van der Waals surface area (Å²) in [4.78, 5) is 23.0. The molecule has 138 valence electrons. The zero-order valence-corrected chi connectivity index (χ0v) is 14.9. The molecule has 0 atom stereocenters. The number of amides is 1. The summed E-state index contributed by atoms with van der Waals surface area (Å²) in [7, 11) is 1.41. The summed E-state index contributed by atoms with van der Waals surface area (Å²) in [6.07, 6.45) is 1.41. The third-order valence-corrected chi connectivity index (χ3v) is 3.61. The number of ether oxygens (including phenoxy) is 2. The van der Waals surface area contributed by atoms with E-state index in [-0.39, 0.29) is 11.3 Å². The molecule has 2 rings (SSSR count). The van der Waals surface area contributed by atoms with Crippen molar-refractivity contribution in [3.8, 4) is 17.6 Å². The van der Waals surface area contributed by atoms with Crippen LogP contribution in [0.1, 0.15) is 11.1 Å². The van der Waals surface area contributed by atoms with Gasteiger partial charge in [0.25, 0.3) is 5.91 Å². The molecule has 2 aromatic carbocycles. The Morgan fingerprint density at radius 1 is 1.22 bits per heavy atom. The zero-order chi connectivity index (χ0) is 19.8. The molecule has 27 heavy (non-hydrogen) atoms. The van der Waals surface area contributed by atoms with Crippen molar-refractivity contribution >= 4 is 23.6 Å². The van der Waals surface area contributed by atoms with E-state index in [1.54, 1.807) is 24.3 Å². The number of nitrogens with zero attached hydrogens (tertiary/aromatic N) is 1. The van der Waals surface area contributed by atoms with E-state index >= 15 is 0 Å². The predicted molar refractivity (Wildman–Crippen MR) is 99.5 cm³/mol. The van der Waals surface area contributed by atoms with E-state index in [0.29, 0.717) is 17.0 Å². The van der Waals surface area contributed by atoms with Crippen molar-refractivity contribution in [2.75, 3.05) is 19.0 Å². The number of carbonyl (C=O) groups is 2. The second kappa shape index (κ2) is 9.06. The van der Waals surface area contributed by atoms with Crippen LogP contribution in [0.4, 0.5) is 5.69 Å². The summed E-state index contributed by atoms with van der Waals surface area (Å²) < 4.78 is 10.3. The molecule has 2 aromatic rings. The second-order valence-electron chi connectivity index (χ2n) is 5.53. The van der Waals surface area contributed by atoms with Crippen LogP contribution in [0.5, 0.6) is 11.5 Å². The first-order valence-electron chi connectivity index (χ1n) is 7.96. The summed E-state index contributed by atoms with van der Waals surface area (Å²) >= 11 is 0. The molecule has 0 heterocycles. The highest BCUT2D eigenvalue weighted by atomic mass is 16.5. The number of methoxy groups -OCH3 is 1. The third kappa shape index (κ3) is 5.34. The Morgan fingerprint density at radius 3 is 2.59 bits per heavy atom. The van der Waals surface area contributed by atoms with Crippen LogP contribution in [0.15, 0.2) is 48.0 Å². The minimum Gasteiger partial charge on any atom is -0.493 e. The van der Waals surface area contributed by atoms with Gasteiger partial charge in [0.05, 0.1) is 7.11 Å². The number of anilines is 1. The normalized spacial score (nSPS) is 10.6. The van der Waals surface area contributed by atoms with E-state index in [9.17, 15) is 14.9 Å². The molecule has 0 aliphatic carbocycles. The van der Waals surface area contributed by atoms with Crippen molar-refractivity contribution in [1.82, 2.24) is 0 Å². The molecule has 7 nitrogen and oxygen atoms in total. The molecule has 2 N–H and O–H groups in total. The van der Waals surface area contributed by atoms with Crippen LogP contribution in [0.3, 0.4) is 0 Å². The van der Waals surface area contributed by atoms with Crippen molar-refractivity contribution in [3.63, 3.8) is 0 Å². The molecular formula is C20H18N2O5. The lowest BCUT2D eigenvalue weighted by atomic mass is 10.1. The second-order valence-corrected chi connectivity index (χ2v) is 5.53. The van der Waals surface area contributed by atoms with Gasteiger partial charge in [-0.3, -0.25) is 4.79 Å². The Hall–Kier alpha value is -3.79. The molecule has 0 aliphatic rings. The number of nitriles is 1. The van der Waals surface area contributed by atoms with Gasteiger partial charge in [0.1, 0.15) is 11.6 Å². The number of para-hydroxylation sites is 1. The van der Waals surface area contributed by atoms with Crippen LogP contribution < -0.4 is 14.8 Å². The maximum atomic E-state index is 12.4. The number of carbonyl (C=O) groups excluding carboxylic acids is 1. The lowest BCUT2D eigenvalue weighted by Gasteiger charge is -2.10. The minimum absolute atomic E-state index is 0.0838. The number of carboxylic acids is 1. The fraction of sp³-hybridized carbons (Fsp3) is 0.150. The van der Waals surface area contributed by atoms with E-state index in [1.165, 1.54) is 19.3 Å².